The highest BCUT2D eigenvalue weighted by Crippen LogP contribution is 2.18. The quantitative estimate of drug-likeness (QED) is 0.828. The summed E-state index contributed by atoms with van der Waals surface area (Å²) < 4.78 is 5.76. The molecule has 1 N–H and O–H groups in total. The van der Waals surface area contributed by atoms with Crippen molar-refractivity contribution in [1.29, 1.82) is 0 Å². The lowest BCUT2D eigenvalue weighted by molar-refractivity contribution is -0.129. The molecule has 1 fully saturated rings. The van der Waals surface area contributed by atoms with Crippen LogP contribution in [-0.2, 0) is 4.79 Å². The number of carbonyl (C=O) groups is 1. The number of rotatable bonds is 7. The van der Waals surface area contributed by atoms with Crippen molar-refractivity contribution in [3.63, 3.8) is 0 Å². The maximum absolute atomic E-state index is 12.3. The topological polar surface area (TPSA) is 41.6 Å². The molecule has 0 aromatic heterocycles. The van der Waals surface area contributed by atoms with E-state index < -0.39 is 0 Å². The van der Waals surface area contributed by atoms with E-state index in [-0.39, 0.29) is 5.91 Å². The minimum atomic E-state index is 0.193. The van der Waals surface area contributed by atoms with E-state index in [9.17, 15) is 4.79 Å². The average molecular weight is 318 g/mol. The van der Waals surface area contributed by atoms with Gasteiger partial charge in [-0.25, -0.2) is 0 Å². The lowest BCUT2D eigenvalue weighted by atomic mass is 10.1. The number of ether oxygens (including phenoxy) is 1. The zero-order chi connectivity index (χ0) is 16.5. The molecule has 1 aromatic carbocycles. The number of benzene rings is 1. The van der Waals surface area contributed by atoms with Crippen molar-refractivity contribution in [3.05, 3.63) is 24.3 Å². The molecule has 0 aliphatic carbocycles. The molecule has 0 bridgehead atoms. The summed E-state index contributed by atoms with van der Waals surface area (Å²) in [6.45, 7) is 7.27. The van der Waals surface area contributed by atoms with Crippen molar-refractivity contribution < 1.29 is 9.53 Å². The Morgan fingerprint density at radius 3 is 2.65 bits per heavy atom. The average Bonchev–Trinajstić information content (AvgIpc) is 2.82. The minimum absolute atomic E-state index is 0.193. The fraction of sp³-hybridized carbons (Fsp3) is 0.632. The highest BCUT2D eigenvalue weighted by molar-refractivity contribution is 5.81. The largest absolute Gasteiger partial charge is 0.494 e. The highest BCUT2D eigenvalue weighted by Gasteiger charge is 2.14. The fourth-order valence-corrected chi connectivity index (χ4v) is 2.72. The minimum Gasteiger partial charge on any atom is -0.494 e. The molecule has 0 unspecified atom stereocenters. The van der Waals surface area contributed by atoms with Crippen molar-refractivity contribution in [2.24, 2.45) is 5.92 Å². The normalized spacial score (nSPS) is 15.3. The molecule has 23 heavy (non-hydrogen) atoms. The van der Waals surface area contributed by atoms with E-state index in [1.165, 1.54) is 12.8 Å². The number of likely N-dealkylation sites (tertiary alicyclic amines) is 1. The second-order valence-corrected chi connectivity index (χ2v) is 6.71. The van der Waals surface area contributed by atoms with Gasteiger partial charge in [-0.2, -0.15) is 0 Å². The molecule has 1 heterocycles. The number of hydrogen-bond acceptors (Lipinski definition) is 3. The molecule has 0 spiro atoms. The monoisotopic (exact) mass is 318 g/mol. The van der Waals surface area contributed by atoms with E-state index in [0.717, 1.165) is 50.4 Å². The molecule has 1 aromatic rings. The number of amides is 1. The van der Waals surface area contributed by atoms with Crippen LogP contribution in [0.1, 0.15) is 46.0 Å². The second-order valence-electron chi connectivity index (χ2n) is 6.71. The molecular weight excluding hydrogens is 288 g/mol. The second kappa shape index (κ2) is 9.43. The van der Waals surface area contributed by atoms with Crippen LogP contribution in [0.4, 0.5) is 5.69 Å². The summed E-state index contributed by atoms with van der Waals surface area (Å²) in [5.74, 6) is 1.69. The van der Waals surface area contributed by atoms with Gasteiger partial charge in [-0.3, -0.25) is 4.79 Å². The zero-order valence-electron chi connectivity index (χ0n) is 14.5. The van der Waals surface area contributed by atoms with Crippen LogP contribution >= 0.6 is 0 Å². The molecule has 1 amide bonds. The maximum Gasteiger partial charge on any atom is 0.241 e. The van der Waals surface area contributed by atoms with Crippen LogP contribution in [0.25, 0.3) is 0 Å². The van der Waals surface area contributed by atoms with Crippen LogP contribution in [0.15, 0.2) is 24.3 Å². The molecule has 128 valence electrons. The Morgan fingerprint density at radius 2 is 1.96 bits per heavy atom. The van der Waals surface area contributed by atoms with Crippen LogP contribution in [0.2, 0.25) is 0 Å². The summed E-state index contributed by atoms with van der Waals surface area (Å²) in [6.07, 6.45) is 5.79. The summed E-state index contributed by atoms with van der Waals surface area (Å²) >= 11 is 0. The summed E-state index contributed by atoms with van der Waals surface area (Å²) in [6, 6.07) is 7.87. The first kappa shape index (κ1) is 17.6. The standard InChI is InChI=1S/C19H30N2O2/c1-16(2)10-13-23-18-9-7-8-17(14-18)20-15-19(22)21-11-5-3-4-6-12-21/h7-9,14,16,20H,3-6,10-13,15H2,1-2H3. The van der Waals surface area contributed by atoms with Crippen molar-refractivity contribution in [2.75, 3.05) is 31.6 Å². The molecule has 1 saturated heterocycles. The Bertz CT molecular complexity index is 480. The van der Waals surface area contributed by atoms with Gasteiger partial charge in [-0.15, -0.1) is 0 Å². The van der Waals surface area contributed by atoms with E-state index in [4.69, 9.17) is 4.74 Å². The van der Waals surface area contributed by atoms with Crippen molar-refractivity contribution in [3.8, 4) is 5.75 Å². The van der Waals surface area contributed by atoms with Gasteiger partial charge < -0.3 is 15.0 Å². The van der Waals surface area contributed by atoms with Crippen LogP contribution in [0.3, 0.4) is 0 Å². The number of nitrogens with one attached hydrogen (secondary N) is 1. The van der Waals surface area contributed by atoms with E-state index in [1.54, 1.807) is 0 Å². The number of anilines is 1. The van der Waals surface area contributed by atoms with E-state index in [2.05, 4.69) is 19.2 Å². The Kier molecular flexibility index (Phi) is 7.24. The van der Waals surface area contributed by atoms with Gasteiger partial charge in [-0.1, -0.05) is 32.8 Å². The Morgan fingerprint density at radius 1 is 1.22 bits per heavy atom. The van der Waals surface area contributed by atoms with Gasteiger partial charge >= 0.3 is 0 Å². The Labute approximate surface area is 140 Å². The third-order valence-corrected chi connectivity index (χ3v) is 4.20. The van der Waals surface area contributed by atoms with Gasteiger partial charge in [0.25, 0.3) is 0 Å². The summed E-state index contributed by atoms with van der Waals surface area (Å²) in [5.41, 5.74) is 0.940. The van der Waals surface area contributed by atoms with Crippen LogP contribution < -0.4 is 10.1 Å². The van der Waals surface area contributed by atoms with Gasteiger partial charge in [0.05, 0.1) is 13.2 Å². The maximum atomic E-state index is 12.3. The van der Waals surface area contributed by atoms with E-state index in [0.29, 0.717) is 12.5 Å². The first-order valence-electron chi connectivity index (χ1n) is 8.89. The molecule has 2 rings (SSSR count). The molecule has 0 radical (unpaired) electrons. The van der Waals surface area contributed by atoms with Gasteiger partial charge in [0, 0.05) is 24.8 Å². The van der Waals surface area contributed by atoms with E-state index in [1.807, 2.05) is 29.2 Å². The zero-order valence-corrected chi connectivity index (χ0v) is 14.5. The molecule has 1 aliphatic heterocycles. The lowest BCUT2D eigenvalue weighted by Crippen LogP contribution is -2.36. The molecule has 0 saturated carbocycles. The van der Waals surface area contributed by atoms with Crippen molar-refractivity contribution in [1.82, 2.24) is 4.90 Å². The number of nitrogens with zero attached hydrogens (tertiary/aromatic N) is 1. The Balaban J connectivity index is 1.79. The molecule has 1 aliphatic rings. The van der Waals surface area contributed by atoms with Crippen LogP contribution in [-0.4, -0.2) is 37.0 Å². The smallest absolute Gasteiger partial charge is 0.241 e. The number of carbonyl (C=O) groups excluding carboxylic acids is 1. The van der Waals surface area contributed by atoms with Gasteiger partial charge in [0.15, 0.2) is 0 Å². The summed E-state index contributed by atoms with van der Waals surface area (Å²) in [5, 5.41) is 3.23. The predicted octanol–water partition coefficient (Wildman–Crippen LogP) is 3.93. The molecule has 4 heteroatoms. The Hall–Kier alpha value is -1.71. The van der Waals surface area contributed by atoms with Crippen LogP contribution in [0.5, 0.6) is 5.75 Å². The lowest BCUT2D eigenvalue weighted by Gasteiger charge is -2.20. The van der Waals surface area contributed by atoms with Crippen LogP contribution in [0, 0.1) is 5.92 Å². The SMILES string of the molecule is CC(C)CCOc1cccc(NCC(=O)N2CCCCCC2)c1. The molecule has 4 nitrogen and oxygen atoms in total. The van der Waals surface area contributed by atoms with Crippen molar-refractivity contribution in [2.45, 2.75) is 46.0 Å². The van der Waals surface area contributed by atoms with Gasteiger partial charge in [0.2, 0.25) is 5.91 Å². The summed E-state index contributed by atoms with van der Waals surface area (Å²) in [7, 11) is 0. The summed E-state index contributed by atoms with van der Waals surface area (Å²) in [4.78, 5) is 14.3. The van der Waals surface area contributed by atoms with Gasteiger partial charge in [-0.05, 0) is 37.3 Å². The third-order valence-electron chi connectivity index (χ3n) is 4.20. The highest BCUT2D eigenvalue weighted by atomic mass is 16.5. The van der Waals surface area contributed by atoms with E-state index >= 15 is 0 Å². The fourth-order valence-electron chi connectivity index (χ4n) is 2.72. The van der Waals surface area contributed by atoms with Gasteiger partial charge in [0.1, 0.15) is 5.75 Å². The third kappa shape index (κ3) is 6.51. The number of hydrogen-bond donors (Lipinski definition) is 1. The molecule has 0 atom stereocenters. The van der Waals surface area contributed by atoms with Crippen molar-refractivity contribution >= 4 is 11.6 Å². The molecular formula is C19H30N2O2. The first-order chi connectivity index (χ1) is 11.1. The predicted molar refractivity (Wildman–Crippen MR) is 94.9 cm³/mol. The first-order valence-corrected chi connectivity index (χ1v) is 8.89.